The average molecular weight is 274 g/mol. The molecule has 1 saturated heterocycles. The van der Waals surface area contributed by atoms with E-state index in [0.29, 0.717) is 0 Å². The summed E-state index contributed by atoms with van der Waals surface area (Å²) in [6.45, 7) is 5.86. The van der Waals surface area contributed by atoms with Gasteiger partial charge < -0.3 is 0 Å². The molecule has 0 amide bonds. The molecule has 1 nitrogen and oxygen atoms in total. The van der Waals surface area contributed by atoms with Crippen LogP contribution in [0, 0.1) is 12.8 Å². The Hall–Kier alpha value is 0.140. The summed E-state index contributed by atoms with van der Waals surface area (Å²) in [7, 11) is 0. The fourth-order valence-corrected chi connectivity index (χ4v) is 3.25. The molecule has 0 saturated carbocycles. The quantitative estimate of drug-likeness (QED) is 0.765. The predicted molar refractivity (Wildman–Crippen MR) is 66.2 cm³/mol. The van der Waals surface area contributed by atoms with Crippen LogP contribution in [-0.2, 0) is 6.54 Å². The van der Waals surface area contributed by atoms with Gasteiger partial charge in [-0.05, 0) is 42.8 Å². The maximum atomic E-state index is 3.57. The number of alkyl halides is 1. The van der Waals surface area contributed by atoms with E-state index in [1.54, 1.807) is 0 Å². The van der Waals surface area contributed by atoms with Gasteiger partial charge in [-0.3, -0.25) is 4.90 Å². The molecule has 0 radical (unpaired) electrons. The summed E-state index contributed by atoms with van der Waals surface area (Å²) in [5.74, 6) is 0.870. The lowest BCUT2D eigenvalue weighted by Crippen LogP contribution is -2.20. The second kappa shape index (κ2) is 4.77. The van der Waals surface area contributed by atoms with Crippen molar-refractivity contribution >= 4 is 27.3 Å². The van der Waals surface area contributed by atoms with Gasteiger partial charge in [0.1, 0.15) is 0 Å². The normalized spacial score (nSPS) is 23.1. The summed E-state index contributed by atoms with van der Waals surface area (Å²) >= 11 is 5.43. The first kappa shape index (κ1) is 10.7. The Labute approximate surface area is 98.2 Å². The molecular formula is C11H16BrNS. The first-order valence-electron chi connectivity index (χ1n) is 5.10. The highest BCUT2D eigenvalue weighted by atomic mass is 79.9. The number of aryl methyl sites for hydroxylation is 1. The van der Waals surface area contributed by atoms with Crippen LogP contribution in [-0.4, -0.2) is 23.3 Å². The van der Waals surface area contributed by atoms with E-state index in [1.807, 2.05) is 11.3 Å². The van der Waals surface area contributed by atoms with Crippen LogP contribution in [0.15, 0.2) is 11.4 Å². The lowest BCUT2D eigenvalue weighted by molar-refractivity contribution is 0.321. The van der Waals surface area contributed by atoms with Gasteiger partial charge in [-0.15, -0.1) is 11.3 Å². The fraction of sp³-hybridized carbons (Fsp3) is 0.636. The second-order valence-electron chi connectivity index (χ2n) is 4.11. The van der Waals surface area contributed by atoms with Crippen molar-refractivity contribution in [2.24, 2.45) is 5.92 Å². The van der Waals surface area contributed by atoms with E-state index in [-0.39, 0.29) is 0 Å². The van der Waals surface area contributed by atoms with Crippen LogP contribution in [0.4, 0.5) is 0 Å². The van der Waals surface area contributed by atoms with Crippen molar-refractivity contribution in [1.82, 2.24) is 4.90 Å². The van der Waals surface area contributed by atoms with Crippen molar-refractivity contribution in [1.29, 1.82) is 0 Å². The first-order valence-corrected chi connectivity index (χ1v) is 7.10. The van der Waals surface area contributed by atoms with Crippen molar-refractivity contribution in [2.45, 2.75) is 19.9 Å². The lowest BCUT2D eigenvalue weighted by Gasteiger charge is -2.14. The van der Waals surface area contributed by atoms with Crippen LogP contribution in [0.2, 0.25) is 0 Å². The van der Waals surface area contributed by atoms with Gasteiger partial charge in [0.2, 0.25) is 0 Å². The third kappa shape index (κ3) is 2.59. The molecule has 1 aliphatic rings. The second-order valence-corrected chi connectivity index (χ2v) is 5.87. The topological polar surface area (TPSA) is 3.24 Å². The van der Waals surface area contributed by atoms with E-state index < -0.39 is 0 Å². The maximum absolute atomic E-state index is 3.57. The molecule has 1 aromatic heterocycles. The molecule has 2 rings (SSSR count). The van der Waals surface area contributed by atoms with E-state index >= 15 is 0 Å². The Bertz CT molecular complexity index is 297. The number of likely N-dealkylation sites (tertiary alicyclic amines) is 1. The average Bonchev–Trinajstić information content (AvgIpc) is 2.76. The monoisotopic (exact) mass is 273 g/mol. The summed E-state index contributed by atoms with van der Waals surface area (Å²) in [6, 6.07) is 2.31. The van der Waals surface area contributed by atoms with Gasteiger partial charge in [-0.1, -0.05) is 15.9 Å². The third-order valence-electron chi connectivity index (χ3n) is 2.78. The Morgan fingerprint density at radius 3 is 3.07 bits per heavy atom. The molecule has 14 heavy (non-hydrogen) atoms. The number of rotatable bonds is 3. The zero-order chi connectivity index (χ0) is 9.97. The van der Waals surface area contributed by atoms with E-state index in [1.165, 1.54) is 30.0 Å². The van der Waals surface area contributed by atoms with Gasteiger partial charge in [-0.2, -0.15) is 0 Å². The van der Waals surface area contributed by atoms with Crippen molar-refractivity contribution < 1.29 is 0 Å². The molecule has 0 aromatic carbocycles. The molecule has 1 atom stereocenters. The molecule has 1 unspecified atom stereocenters. The number of nitrogens with zero attached hydrogens (tertiary/aromatic N) is 1. The van der Waals surface area contributed by atoms with Crippen LogP contribution >= 0.6 is 27.3 Å². The van der Waals surface area contributed by atoms with Crippen molar-refractivity contribution in [3.8, 4) is 0 Å². The summed E-state index contributed by atoms with van der Waals surface area (Å²) < 4.78 is 0. The van der Waals surface area contributed by atoms with Crippen LogP contribution in [0.1, 0.15) is 16.9 Å². The van der Waals surface area contributed by atoms with Gasteiger partial charge in [0.15, 0.2) is 0 Å². The SMILES string of the molecule is Cc1cc(CN2CCC(CBr)C2)cs1. The number of halogens is 1. The highest BCUT2D eigenvalue weighted by molar-refractivity contribution is 9.09. The number of hydrogen-bond donors (Lipinski definition) is 0. The highest BCUT2D eigenvalue weighted by Crippen LogP contribution is 2.22. The number of hydrogen-bond acceptors (Lipinski definition) is 2. The summed E-state index contributed by atoms with van der Waals surface area (Å²) in [4.78, 5) is 3.99. The molecule has 0 bridgehead atoms. The summed E-state index contributed by atoms with van der Waals surface area (Å²) in [6.07, 6.45) is 1.36. The molecule has 2 heterocycles. The van der Waals surface area contributed by atoms with Crippen LogP contribution in [0.5, 0.6) is 0 Å². The summed E-state index contributed by atoms with van der Waals surface area (Å²) in [5, 5.41) is 3.45. The molecule has 0 aliphatic carbocycles. The molecule has 1 aliphatic heterocycles. The minimum absolute atomic E-state index is 0.870. The van der Waals surface area contributed by atoms with E-state index in [9.17, 15) is 0 Å². The molecule has 78 valence electrons. The van der Waals surface area contributed by atoms with E-state index in [0.717, 1.165) is 17.8 Å². The fourth-order valence-electron chi connectivity index (χ4n) is 2.02. The largest absolute Gasteiger partial charge is 0.299 e. The molecule has 0 spiro atoms. The van der Waals surface area contributed by atoms with Crippen molar-refractivity contribution in [3.63, 3.8) is 0 Å². The molecular weight excluding hydrogens is 258 g/mol. The molecule has 1 aromatic rings. The molecule has 0 N–H and O–H groups in total. The van der Waals surface area contributed by atoms with Crippen molar-refractivity contribution in [3.05, 3.63) is 21.9 Å². The first-order chi connectivity index (χ1) is 6.78. The molecule has 3 heteroatoms. The zero-order valence-electron chi connectivity index (χ0n) is 8.50. The zero-order valence-corrected chi connectivity index (χ0v) is 10.9. The standard InChI is InChI=1S/C11H16BrNS/c1-9-4-11(8-14-9)7-13-3-2-10(5-12)6-13/h4,8,10H,2-3,5-7H2,1H3. The number of thiophene rings is 1. The van der Waals surface area contributed by atoms with Crippen LogP contribution in [0.25, 0.3) is 0 Å². The minimum Gasteiger partial charge on any atom is -0.299 e. The highest BCUT2D eigenvalue weighted by Gasteiger charge is 2.21. The van der Waals surface area contributed by atoms with Gasteiger partial charge in [0.05, 0.1) is 0 Å². The smallest absolute Gasteiger partial charge is 0.0242 e. The van der Waals surface area contributed by atoms with E-state index in [4.69, 9.17) is 0 Å². The third-order valence-corrected chi connectivity index (χ3v) is 4.61. The Morgan fingerprint density at radius 1 is 1.64 bits per heavy atom. The summed E-state index contributed by atoms with van der Waals surface area (Å²) in [5.41, 5.74) is 1.49. The van der Waals surface area contributed by atoms with Gasteiger partial charge in [0.25, 0.3) is 0 Å². The van der Waals surface area contributed by atoms with Gasteiger partial charge >= 0.3 is 0 Å². The molecule has 1 fully saturated rings. The minimum atomic E-state index is 0.870. The van der Waals surface area contributed by atoms with Crippen LogP contribution in [0.3, 0.4) is 0 Å². The van der Waals surface area contributed by atoms with Crippen LogP contribution < -0.4 is 0 Å². The van der Waals surface area contributed by atoms with Crippen molar-refractivity contribution in [2.75, 3.05) is 18.4 Å². The Kier molecular flexibility index (Phi) is 3.63. The maximum Gasteiger partial charge on any atom is 0.0242 e. The lowest BCUT2D eigenvalue weighted by atomic mass is 10.2. The van der Waals surface area contributed by atoms with E-state index in [2.05, 4.69) is 39.2 Å². The van der Waals surface area contributed by atoms with Gasteiger partial charge in [0, 0.05) is 23.3 Å². The Balaban J connectivity index is 1.87. The van der Waals surface area contributed by atoms with Gasteiger partial charge in [-0.25, -0.2) is 0 Å². The predicted octanol–water partition coefficient (Wildman–Crippen LogP) is 3.27. The Morgan fingerprint density at radius 2 is 2.50 bits per heavy atom.